The lowest BCUT2D eigenvalue weighted by molar-refractivity contribution is -0.137. The summed E-state index contributed by atoms with van der Waals surface area (Å²) in [4.78, 5) is 39.5. The van der Waals surface area contributed by atoms with Crippen LogP contribution < -0.4 is 10.2 Å². The molecule has 2 aliphatic rings. The first-order valence-corrected chi connectivity index (χ1v) is 9.80. The second kappa shape index (κ2) is 7.68. The number of hydrogen-bond donors (Lipinski definition) is 1. The molecule has 3 amide bonds. The van der Waals surface area contributed by atoms with Gasteiger partial charge in [0.15, 0.2) is 0 Å². The van der Waals surface area contributed by atoms with Gasteiger partial charge in [0.25, 0.3) is 5.91 Å². The van der Waals surface area contributed by atoms with E-state index in [0.717, 1.165) is 17.0 Å². The van der Waals surface area contributed by atoms with Crippen molar-refractivity contribution in [2.75, 3.05) is 10.2 Å². The van der Waals surface area contributed by atoms with Crippen LogP contribution in [0.2, 0.25) is 0 Å². The summed E-state index contributed by atoms with van der Waals surface area (Å²) in [7, 11) is 0. The van der Waals surface area contributed by atoms with Crippen LogP contribution in [0.15, 0.2) is 60.7 Å². The van der Waals surface area contributed by atoms with Gasteiger partial charge in [-0.05, 0) is 42.7 Å². The number of fused-ring (bicyclic) bond motifs is 1. The van der Waals surface area contributed by atoms with E-state index >= 15 is 0 Å². The minimum atomic E-state index is -4.62. The van der Waals surface area contributed by atoms with Crippen molar-refractivity contribution in [1.29, 1.82) is 0 Å². The van der Waals surface area contributed by atoms with Gasteiger partial charge in [0.2, 0.25) is 11.8 Å². The summed E-state index contributed by atoms with van der Waals surface area (Å²) < 4.78 is 39.6. The quantitative estimate of drug-likeness (QED) is 0.571. The predicted octanol–water partition coefficient (Wildman–Crippen LogP) is 4.66. The molecule has 8 heteroatoms. The van der Waals surface area contributed by atoms with E-state index in [1.54, 1.807) is 0 Å². The highest BCUT2D eigenvalue weighted by atomic mass is 19.4. The van der Waals surface area contributed by atoms with Crippen LogP contribution in [0.1, 0.15) is 29.3 Å². The van der Waals surface area contributed by atoms with Gasteiger partial charge in [0.05, 0.1) is 28.8 Å². The Morgan fingerprint density at radius 1 is 1.06 bits per heavy atom. The van der Waals surface area contributed by atoms with Crippen LogP contribution in [0.25, 0.3) is 0 Å². The summed E-state index contributed by atoms with van der Waals surface area (Å²) in [6, 6.07) is 10.4. The number of rotatable bonds is 3. The summed E-state index contributed by atoms with van der Waals surface area (Å²) in [5, 5.41) is 2.27. The average Bonchev–Trinajstić information content (AvgIpc) is 2.99. The number of imide groups is 1. The van der Waals surface area contributed by atoms with Crippen molar-refractivity contribution in [2.24, 2.45) is 17.8 Å². The van der Waals surface area contributed by atoms with Crippen molar-refractivity contribution in [2.45, 2.75) is 19.5 Å². The Labute approximate surface area is 176 Å². The van der Waals surface area contributed by atoms with Crippen LogP contribution in [0, 0.1) is 17.8 Å². The molecule has 1 N–H and O–H groups in total. The molecule has 0 spiro atoms. The number of hydrogen-bond acceptors (Lipinski definition) is 3. The van der Waals surface area contributed by atoms with Gasteiger partial charge < -0.3 is 5.32 Å². The Balaban J connectivity index is 1.61. The minimum Gasteiger partial charge on any atom is -0.321 e. The highest BCUT2D eigenvalue weighted by Gasteiger charge is 2.50. The van der Waals surface area contributed by atoms with Crippen molar-refractivity contribution in [1.82, 2.24) is 0 Å². The van der Waals surface area contributed by atoms with Crippen LogP contribution >= 0.6 is 0 Å². The van der Waals surface area contributed by atoms with Crippen LogP contribution in [0.5, 0.6) is 0 Å². The Kier molecular flexibility index (Phi) is 5.16. The molecule has 160 valence electrons. The monoisotopic (exact) mass is 428 g/mol. The maximum Gasteiger partial charge on any atom is 0.418 e. The molecule has 0 aromatic heterocycles. The van der Waals surface area contributed by atoms with E-state index in [1.807, 2.05) is 19.1 Å². The zero-order valence-electron chi connectivity index (χ0n) is 16.5. The van der Waals surface area contributed by atoms with Crippen molar-refractivity contribution >= 4 is 29.1 Å². The van der Waals surface area contributed by atoms with E-state index in [0.29, 0.717) is 6.42 Å². The summed E-state index contributed by atoms with van der Waals surface area (Å²) in [6.45, 7) is 1.88. The standard InChI is InChI=1S/C23H19F3N2O3/c1-13-6-4-9-16-19(13)22(31)28(21(16)30)15-8-5-7-14(12-15)20(29)27-18-11-3-2-10-17(18)23(24,25)26/h2-8,10-13,16,19H,9H2,1H3,(H,27,29)/t13-,16-,19+/m1/s1. The third-order valence-corrected chi connectivity index (χ3v) is 5.72. The Morgan fingerprint density at radius 3 is 2.52 bits per heavy atom. The minimum absolute atomic E-state index is 0.0381. The molecule has 31 heavy (non-hydrogen) atoms. The summed E-state index contributed by atoms with van der Waals surface area (Å²) in [5.74, 6) is -2.40. The molecular weight excluding hydrogens is 409 g/mol. The van der Waals surface area contributed by atoms with Crippen LogP contribution in [0.4, 0.5) is 24.5 Å². The van der Waals surface area contributed by atoms with E-state index < -0.39 is 29.5 Å². The normalized spacial score (nSPS) is 23.1. The smallest absolute Gasteiger partial charge is 0.321 e. The highest BCUT2D eigenvalue weighted by Crippen LogP contribution is 2.40. The maximum absolute atomic E-state index is 13.2. The van der Waals surface area contributed by atoms with E-state index in [2.05, 4.69) is 5.32 Å². The molecule has 1 fully saturated rings. The molecule has 0 saturated carbocycles. The molecular formula is C23H19F3N2O3. The lowest BCUT2D eigenvalue weighted by Gasteiger charge is -2.22. The zero-order valence-corrected chi connectivity index (χ0v) is 16.5. The van der Waals surface area contributed by atoms with Gasteiger partial charge in [-0.1, -0.05) is 37.3 Å². The van der Waals surface area contributed by atoms with Crippen molar-refractivity contribution in [3.05, 3.63) is 71.8 Å². The molecule has 0 radical (unpaired) electrons. The number of nitrogens with zero attached hydrogens (tertiary/aromatic N) is 1. The van der Waals surface area contributed by atoms with Crippen LogP contribution in [-0.2, 0) is 15.8 Å². The number of amides is 3. The van der Waals surface area contributed by atoms with Crippen molar-refractivity contribution in [3.63, 3.8) is 0 Å². The molecule has 0 unspecified atom stereocenters. The predicted molar refractivity (Wildman–Crippen MR) is 108 cm³/mol. The number of carbonyl (C=O) groups excluding carboxylic acids is 3. The average molecular weight is 428 g/mol. The van der Waals surface area contributed by atoms with Gasteiger partial charge in [-0.25, -0.2) is 0 Å². The number of alkyl halides is 3. The topological polar surface area (TPSA) is 66.5 Å². The number of benzene rings is 2. The number of nitrogens with one attached hydrogen (secondary N) is 1. The fourth-order valence-corrected chi connectivity index (χ4v) is 4.22. The molecule has 4 rings (SSSR count). The Bertz CT molecular complexity index is 1090. The number of anilines is 2. The third-order valence-electron chi connectivity index (χ3n) is 5.72. The fourth-order valence-electron chi connectivity index (χ4n) is 4.22. The van der Waals surface area contributed by atoms with E-state index in [4.69, 9.17) is 0 Å². The molecule has 1 aliphatic heterocycles. The molecule has 1 aliphatic carbocycles. The summed E-state index contributed by atoms with van der Waals surface area (Å²) in [5.41, 5.74) is -1.07. The van der Waals surface area contributed by atoms with Gasteiger partial charge in [-0.15, -0.1) is 0 Å². The molecule has 0 bridgehead atoms. The molecule has 1 heterocycles. The number of allylic oxidation sites excluding steroid dienone is 2. The van der Waals surface area contributed by atoms with E-state index in [1.165, 1.54) is 36.4 Å². The van der Waals surface area contributed by atoms with Crippen LogP contribution in [-0.4, -0.2) is 17.7 Å². The van der Waals surface area contributed by atoms with Gasteiger partial charge >= 0.3 is 6.18 Å². The fraction of sp³-hybridized carbons (Fsp3) is 0.261. The Hall–Kier alpha value is -3.42. The Morgan fingerprint density at radius 2 is 1.81 bits per heavy atom. The second-order valence-corrected chi connectivity index (χ2v) is 7.71. The number of para-hydroxylation sites is 1. The zero-order chi connectivity index (χ0) is 22.3. The SMILES string of the molecule is C[C@@H]1C=CC[C@H]2C(=O)N(c3cccc(C(=O)Nc4ccccc4C(F)(F)F)c3)C(=O)[C@@H]12. The maximum atomic E-state index is 13.2. The number of carbonyl (C=O) groups is 3. The van der Waals surface area contributed by atoms with Gasteiger partial charge in [-0.3, -0.25) is 19.3 Å². The molecule has 1 saturated heterocycles. The molecule has 3 atom stereocenters. The summed E-state index contributed by atoms with van der Waals surface area (Å²) in [6.07, 6.45) is -0.341. The lowest BCUT2D eigenvalue weighted by Crippen LogP contribution is -2.31. The summed E-state index contributed by atoms with van der Waals surface area (Å²) >= 11 is 0. The molecule has 2 aromatic carbocycles. The molecule has 2 aromatic rings. The second-order valence-electron chi connectivity index (χ2n) is 7.71. The third kappa shape index (κ3) is 3.73. The largest absolute Gasteiger partial charge is 0.418 e. The van der Waals surface area contributed by atoms with Gasteiger partial charge in [-0.2, -0.15) is 13.2 Å². The molecule has 5 nitrogen and oxygen atoms in total. The van der Waals surface area contributed by atoms with Gasteiger partial charge in [0.1, 0.15) is 0 Å². The first kappa shape index (κ1) is 20.8. The van der Waals surface area contributed by atoms with Gasteiger partial charge in [0, 0.05) is 5.56 Å². The van der Waals surface area contributed by atoms with Crippen molar-refractivity contribution < 1.29 is 27.6 Å². The lowest BCUT2D eigenvalue weighted by atomic mass is 9.78. The van der Waals surface area contributed by atoms with Crippen molar-refractivity contribution in [3.8, 4) is 0 Å². The van der Waals surface area contributed by atoms with Crippen LogP contribution in [0.3, 0.4) is 0 Å². The highest BCUT2D eigenvalue weighted by molar-refractivity contribution is 6.22. The first-order valence-electron chi connectivity index (χ1n) is 9.80. The number of halogens is 3. The van der Waals surface area contributed by atoms with E-state index in [9.17, 15) is 27.6 Å². The first-order chi connectivity index (χ1) is 14.7. The van der Waals surface area contributed by atoms with E-state index in [-0.39, 0.29) is 34.7 Å².